The van der Waals surface area contributed by atoms with Gasteiger partial charge in [-0.05, 0) is 34.4 Å². The van der Waals surface area contributed by atoms with Crippen molar-refractivity contribution in [2.75, 3.05) is 0 Å². The maximum absolute atomic E-state index is 10.8. The van der Waals surface area contributed by atoms with Crippen LogP contribution in [-0.4, -0.2) is 10.2 Å². The van der Waals surface area contributed by atoms with Gasteiger partial charge in [-0.3, -0.25) is 0 Å². The molecular formula is C32H33O2. The van der Waals surface area contributed by atoms with Gasteiger partial charge in [0.15, 0.2) is 0 Å². The maximum Gasteiger partial charge on any atom is 0.127 e. The Labute approximate surface area is 203 Å². The normalized spacial score (nSPS) is 12.2. The van der Waals surface area contributed by atoms with Gasteiger partial charge in [0, 0.05) is 33.9 Å². The summed E-state index contributed by atoms with van der Waals surface area (Å²) in [6.07, 6.45) is 0. The van der Waals surface area contributed by atoms with E-state index >= 15 is 0 Å². The van der Waals surface area contributed by atoms with Crippen molar-refractivity contribution in [1.29, 1.82) is 0 Å². The van der Waals surface area contributed by atoms with E-state index < -0.39 is 0 Å². The van der Waals surface area contributed by atoms with Gasteiger partial charge in [0.1, 0.15) is 11.5 Å². The molecule has 2 nitrogen and oxygen atoms in total. The van der Waals surface area contributed by atoms with E-state index in [2.05, 4.69) is 82.3 Å². The van der Waals surface area contributed by atoms with Gasteiger partial charge in [-0.15, -0.1) is 0 Å². The average Bonchev–Trinajstić information content (AvgIpc) is 2.85. The molecule has 34 heavy (non-hydrogen) atoms. The van der Waals surface area contributed by atoms with Crippen LogP contribution in [-0.2, 0) is 10.8 Å². The van der Waals surface area contributed by atoms with E-state index in [1.807, 2.05) is 43.3 Å². The Hall–Kier alpha value is -3.52. The highest BCUT2D eigenvalue weighted by Gasteiger charge is 2.28. The molecule has 0 saturated carbocycles. The van der Waals surface area contributed by atoms with E-state index in [1.54, 1.807) is 6.07 Å². The monoisotopic (exact) mass is 449 g/mol. The first-order valence-corrected chi connectivity index (χ1v) is 11.8. The molecule has 0 saturated heterocycles. The summed E-state index contributed by atoms with van der Waals surface area (Å²) in [5.41, 5.74) is 5.66. The summed E-state index contributed by atoms with van der Waals surface area (Å²) in [5, 5.41) is 21.6. The summed E-state index contributed by atoms with van der Waals surface area (Å²) >= 11 is 0. The number of phenolic OH excluding ortho intramolecular Hbond substituents is 2. The van der Waals surface area contributed by atoms with Crippen LogP contribution in [0.3, 0.4) is 0 Å². The van der Waals surface area contributed by atoms with Gasteiger partial charge in [0.05, 0.1) is 0 Å². The molecular weight excluding hydrogens is 416 g/mol. The van der Waals surface area contributed by atoms with Gasteiger partial charge in [-0.1, -0.05) is 113 Å². The van der Waals surface area contributed by atoms with Crippen LogP contribution in [0, 0.1) is 6.07 Å². The molecule has 0 amide bonds. The zero-order valence-electron chi connectivity index (χ0n) is 20.6. The van der Waals surface area contributed by atoms with Gasteiger partial charge in [0.2, 0.25) is 0 Å². The average molecular weight is 450 g/mol. The van der Waals surface area contributed by atoms with Crippen molar-refractivity contribution in [2.24, 2.45) is 0 Å². The summed E-state index contributed by atoms with van der Waals surface area (Å²) in [4.78, 5) is 0. The van der Waals surface area contributed by atoms with E-state index in [0.717, 1.165) is 22.3 Å². The van der Waals surface area contributed by atoms with Crippen LogP contribution in [0.1, 0.15) is 73.9 Å². The van der Waals surface area contributed by atoms with E-state index in [9.17, 15) is 10.2 Å². The van der Waals surface area contributed by atoms with Crippen molar-refractivity contribution >= 4 is 0 Å². The van der Waals surface area contributed by atoms with Crippen molar-refractivity contribution < 1.29 is 10.2 Å². The lowest BCUT2D eigenvalue weighted by atomic mass is 9.75. The fraction of sp³-hybridized carbons (Fsp3) is 0.250. The second kappa shape index (κ2) is 9.02. The van der Waals surface area contributed by atoms with Gasteiger partial charge >= 0.3 is 0 Å². The second-order valence-electron chi connectivity index (χ2n) is 10.2. The number of benzene rings is 4. The van der Waals surface area contributed by atoms with Gasteiger partial charge in [-0.2, -0.15) is 0 Å². The molecule has 0 fully saturated rings. The fourth-order valence-corrected chi connectivity index (χ4v) is 4.70. The first-order valence-electron chi connectivity index (χ1n) is 11.8. The molecule has 0 heterocycles. The predicted octanol–water partition coefficient (Wildman–Crippen LogP) is 7.70. The summed E-state index contributed by atoms with van der Waals surface area (Å²) in [6.45, 7) is 10.8. The molecule has 1 atom stereocenters. The molecule has 0 aliphatic heterocycles. The zero-order chi connectivity index (χ0) is 24.5. The Morgan fingerprint density at radius 2 is 1.12 bits per heavy atom. The van der Waals surface area contributed by atoms with Gasteiger partial charge in [0.25, 0.3) is 0 Å². The van der Waals surface area contributed by atoms with Crippen molar-refractivity contribution in [3.8, 4) is 11.5 Å². The number of hydrogen-bond donors (Lipinski definition) is 2. The van der Waals surface area contributed by atoms with Crippen LogP contribution in [0.2, 0.25) is 0 Å². The highest BCUT2D eigenvalue weighted by atomic mass is 16.3. The van der Waals surface area contributed by atoms with Crippen LogP contribution in [0.4, 0.5) is 0 Å². The standard InChI is InChI=1S/C32H33O2/c1-22(27-20-25(16-18-29(27)33)31(2,3)23-12-8-6-9-13-23)28-21-26(17-19-30(28)34)32(4,5)24-14-10-7-11-15-24/h6-18,20-22,33-34H,1-5H3. The van der Waals surface area contributed by atoms with E-state index in [1.165, 1.54) is 11.1 Å². The third-order valence-electron chi connectivity index (χ3n) is 7.34. The highest BCUT2D eigenvalue weighted by Crippen LogP contribution is 2.41. The molecule has 0 aromatic heterocycles. The van der Waals surface area contributed by atoms with E-state index in [4.69, 9.17) is 0 Å². The lowest BCUT2D eigenvalue weighted by Gasteiger charge is -2.29. The topological polar surface area (TPSA) is 40.5 Å². The molecule has 0 bridgehead atoms. The fourth-order valence-electron chi connectivity index (χ4n) is 4.70. The number of rotatable bonds is 6. The van der Waals surface area contributed by atoms with Crippen LogP contribution >= 0.6 is 0 Å². The van der Waals surface area contributed by atoms with Crippen molar-refractivity contribution in [2.45, 2.75) is 51.4 Å². The van der Waals surface area contributed by atoms with E-state index in [0.29, 0.717) is 0 Å². The summed E-state index contributed by atoms with van der Waals surface area (Å²) in [5.74, 6) is 0.133. The summed E-state index contributed by atoms with van der Waals surface area (Å²) in [6, 6.07) is 33.5. The Bertz CT molecular complexity index is 1170. The van der Waals surface area contributed by atoms with Crippen LogP contribution < -0.4 is 0 Å². The second-order valence-corrected chi connectivity index (χ2v) is 10.2. The number of hydrogen-bond acceptors (Lipinski definition) is 2. The predicted molar refractivity (Wildman–Crippen MR) is 140 cm³/mol. The Morgan fingerprint density at radius 3 is 1.68 bits per heavy atom. The summed E-state index contributed by atoms with van der Waals surface area (Å²) in [7, 11) is 0. The molecule has 0 aliphatic carbocycles. The molecule has 2 N–H and O–H groups in total. The third-order valence-corrected chi connectivity index (χ3v) is 7.34. The van der Waals surface area contributed by atoms with Crippen LogP contribution in [0.5, 0.6) is 11.5 Å². The largest absolute Gasteiger partial charge is 0.508 e. The van der Waals surface area contributed by atoms with Crippen molar-refractivity contribution in [3.05, 3.63) is 130 Å². The van der Waals surface area contributed by atoms with Crippen molar-refractivity contribution in [3.63, 3.8) is 0 Å². The molecule has 173 valence electrons. The molecule has 2 heteroatoms. The minimum absolute atomic E-state index is 0.118. The Balaban J connectivity index is 1.76. The SMILES string of the molecule is CC(c1cc(C(C)(C)c2ccccc2)c[c]c1O)c1cc(C(C)(C)c2ccccc2)ccc1O. The third kappa shape index (κ3) is 4.33. The Morgan fingerprint density at radius 1 is 0.618 bits per heavy atom. The summed E-state index contributed by atoms with van der Waals surface area (Å²) < 4.78 is 0. The molecule has 0 aliphatic rings. The smallest absolute Gasteiger partial charge is 0.127 e. The first-order chi connectivity index (χ1) is 16.1. The van der Waals surface area contributed by atoms with Crippen molar-refractivity contribution in [1.82, 2.24) is 0 Å². The van der Waals surface area contributed by atoms with Crippen LogP contribution in [0.15, 0.2) is 91.0 Å². The minimum atomic E-state index is -0.251. The van der Waals surface area contributed by atoms with E-state index in [-0.39, 0.29) is 28.2 Å². The number of aromatic hydroxyl groups is 2. The highest BCUT2D eigenvalue weighted by molar-refractivity contribution is 5.52. The lowest BCUT2D eigenvalue weighted by Crippen LogP contribution is -2.20. The van der Waals surface area contributed by atoms with Gasteiger partial charge < -0.3 is 10.2 Å². The number of phenols is 2. The first kappa shape index (κ1) is 23.6. The Kier molecular flexibility index (Phi) is 6.27. The van der Waals surface area contributed by atoms with Crippen LogP contribution in [0.25, 0.3) is 0 Å². The molecule has 0 spiro atoms. The van der Waals surface area contributed by atoms with Gasteiger partial charge in [-0.25, -0.2) is 0 Å². The molecule has 4 aromatic carbocycles. The molecule has 1 unspecified atom stereocenters. The lowest BCUT2D eigenvalue weighted by molar-refractivity contribution is 0.454. The minimum Gasteiger partial charge on any atom is -0.508 e. The molecule has 4 rings (SSSR count). The maximum atomic E-state index is 10.8. The quantitative estimate of drug-likeness (QED) is 0.317. The zero-order valence-corrected chi connectivity index (χ0v) is 20.6. The molecule has 4 aromatic rings. The molecule has 1 radical (unpaired) electrons.